The van der Waals surface area contributed by atoms with Crippen molar-refractivity contribution in [3.8, 4) is 17.2 Å². The average Bonchev–Trinajstić information content (AvgIpc) is 3.00. The largest absolute Gasteiger partial charge is 0.493 e. The van der Waals surface area contributed by atoms with Gasteiger partial charge in [0.15, 0.2) is 11.5 Å². The molecule has 20 heavy (non-hydrogen) atoms. The summed E-state index contributed by atoms with van der Waals surface area (Å²) in [6, 6.07) is 3.32. The fourth-order valence-electron chi connectivity index (χ4n) is 1.67. The van der Waals surface area contributed by atoms with Gasteiger partial charge in [0.05, 0.1) is 26.8 Å². The minimum Gasteiger partial charge on any atom is -0.493 e. The number of rotatable bonds is 5. The van der Waals surface area contributed by atoms with Crippen molar-refractivity contribution in [2.45, 2.75) is 0 Å². The van der Waals surface area contributed by atoms with Crippen molar-refractivity contribution >= 4 is 22.9 Å². The van der Waals surface area contributed by atoms with Gasteiger partial charge in [0.1, 0.15) is 5.69 Å². The molecule has 6 nitrogen and oxygen atoms in total. The Morgan fingerprint density at radius 3 is 2.25 bits per heavy atom. The normalized spacial score (nSPS) is 9.95. The third kappa shape index (κ3) is 2.83. The van der Waals surface area contributed by atoms with Crippen LogP contribution in [-0.4, -0.2) is 32.2 Å². The molecule has 0 atom stereocenters. The number of aromatic nitrogens is 1. The molecule has 2 rings (SSSR count). The van der Waals surface area contributed by atoms with Gasteiger partial charge in [0.25, 0.3) is 5.91 Å². The van der Waals surface area contributed by atoms with E-state index < -0.39 is 0 Å². The quantitative estimate of drug-likeness (QED) is 0.917. The number of thiazole rings is 1. The zero-order valence-corrected chi connectivity index (χ0v) is 12.1. The summed E-state index contributed by atoms with van der Waals surface area (Å²) < 4.78 is 15.7. The van der Waals surface area contributed by atoms with E-state index in [2.05, 4.69) is 10.3 Å². The molecule has 1 heterocycles. The SMILES string of the molecule is COc1cc(NC(=O)c2cscn2)cc(OC)c1OC. The molecule has 1 aromatic heterocycles. The molecular weight excluding hydrogens is 280 g/mol. The zero-order chi connectivity index (χ0) is 14.5. The van der Waals surface area contributed by atoms with Crippen molar-refractivity contribution in [2.75, 3.05) is 26.6 Å². The molecule has 0 saturated heterocycles. The van der Waals surface area contributed by atoms with Crippen LogP contribution in [0.5, 0.6) is 17.2 Å². The second-order valence-corrected chi connectivity index (χ2v) is 4.46. The maximum atomic E-state index is 11.9. The Balaban J connectivity index is 2.30. The number of nitrogens with zero attached hydrogens (tertiary/aromatic N) is 1. The standard InChI is InChI=1S/C13H14N2O4S/c1-17-10-4-8(5-11(18-2)12(10)19-3)15-13(16)9-6-20-7-14-9/h4-7H,1-3H3,(H,15,16). The van der Waals surface area contributed by atoms with Crippen LogP contribution in [0.1, 0.15) is 10.5 Å². The average molecular weight is 294 g/mol. The van der Waals surface area contributed by atoms with Gasteiger partial charge in [-0.2, -0.15) is 0 Å². The molecule has 1 aromatic carbocycles. The molecule has 0 spiro atoms. The first-order valence-corrected chi connectivity index (χ1v) is 6.63. The van der Waals surface area contributed by atoms with Crippen LogP contribution < -0.4 is 19.5 Å². The Hall–Kier alpha value is -2.28. The molecule has 0 aliphatic heterocycles. The van der Waals surface area contributed by atoms with Crippen molar-refractivity contribution in [3.63, 3.8) is 0 Å². The van der Waals surface area contributed by atoms with Crippen LogP contribution in [0.25, 0.3) is 0 Å². The summed E-state index contributed by atoms with van der Waals surface area (Å²) >= 11 is 1.36. The summed E-state index contributed by atoms with van der Waals surface area (Å²) in [5.41, 5.74) is 2.51. The number of carbonyl (C=O) groups is 1. The highest BCUT2D eigenvalue weighted by atomic mass is 32.1. The van der Waals surface area contributed by atoms with Crippen molar-refractivity contribution in [1.82, 2.24) is 4.98 Å². The highest BCUT2D eigenvalue weighted by molar-refractivity contribution is 7.07. The molecule has 106 valence electrons. The number of carbonyl (C=O) groups excluding carboxylic acids is 1. The number of anilines is 1. The molecular formula is C13H14N2O4S. The van der Waals surface area contributed by atoms with Crippen LogP contribution in [0, 0.1) is 0 Å². The molecule has 2 aromatic rings. The molecule has 1 amide bonds. The number of hydrogen-bond donors (Lipinski definition) is 1. The lowest BCUT2D eigenvalue weighted by molar-refractivity contribution is 0.102. The lowest BCUT2D eigenvalue weighted by Crippen LogP contribution is -2.12. The van der Waals surface area contributed by atoms with Crippen LogP contribution >= 0.6 is 11.3 Å². The molecule has 7 heteroatoms. The molecule has 0 fully saturated rings. The van der Waals surface area contributed by atoms with Gasteiger partial charge in [-0.15, -0.1) is 11.3 Å². The van der Waals surface area contributed by atoms with Crippen LogP contribution in [0.15, 0.2) is 23.0 Å². The Morgan fingerprint density at radius 1 is 1.15 bits per heavy atom. The monoisotopic (exact) mass is 294 g/mol. The Labute approximate surface area is 120 Å². The summed E-state index contributed by atoms with van der Waals surface area (Å²) in [5, 5.41) is 4.41. The molecule has 1 N–H and O–H groups in total. The van der Waals surface area contributed by atoms with Gasteiger partial charge < -0.3 is 19.5 Å². The third-order valence-corrected chi connectivity index (χ3v) is 3.17. The highest BCUT2D eigenvalue weighted by Gasteiger charge is 2.15. The lowest BCUT2D eigenvalue weighted by Gasteiger charge is -2.14. The second-order valence-electron chi connectivity index (χ2n) is 3.74. The van der Waals surface area contributed by atoms with Crippen molar-refractivity contribution in [3.05, 3.63) is 28.7 Å². The van der Waals surface area contributed by atoms with E-state index >= 15 is 0 Å². The minimum absolute atomic E-state index is 0.291. The van der Waals surface area contributed by atoms with E-state index in [-0.39, 0.29) is 5.91 Å². The smallest absolute Gasteiger partial charge is 0.275 e. The van der Waals surface area contributed by atoms with Gasteiger partial charge in [-0.05, 0) is 0 Å². The van der Waals surface area contributed by atoms with Crippen LogP contribution in [0.3, 0.4) is 0 Å². The molecule has 0 unspecified atom stereocenters. The first-order chi connectivity index (χ1) is 9.69. The first kappa shape index (κ1) is 14.1. The topological polar surface area (TPSA) is 69.7 Å². The number of ether oxygens (including phenoxy) is 3. The molecule has 0 saturated carbocycles. The summed E-state index contributed by atoms with van der Waals surface area (Å²) in [7, 11) is 4.56. The van der Waals surface area contributed by atoms with Crippen molar-refractivity contribution in [2.24, 2.45) is 0 Å². The summed E-state index contributed by atoms with van der Waals surface area (Å²) in [5.74, 6) is 1.13. The second kappa shape index (κ2) is 6.25. The van der Waals surface area contributed by atoms with E-state index in [0.29, 0.717) is 28.6 Å². The maximum absolute atomic E-state index is 11.9. The molecule has 0 aliphatic rings. The van der Waals surface area contributed by atoms with Gasteiger partial charge >= 0.3 is 0 Å². The van der Waals surface area contributed by atoms with Gasteiger partial charge in [-0.25, -0.2) is 4.98 Å². The van der Waals surface area contributed by atoms with Crippen LogP contribution in [0.4, 0.5) is 5.69 Å². The van der Waals surface area contributed by atoms with Gasteiger partial charge in [-0.1, -0.05) is 0 Å². The number of nitrogens with one attached hydrogen (secondary N) is 1. The first-order valence-electron chi connectivity index (χ1n) is 5.69. The van der Waals surface area contributed by atoms with E-state index in [4.69, 9.17) is 14.2 Å². The summed E-state index contributed by atoms with van der Waals surface area (Å²) in [4.78, 5) is 15.9. The van der Waals surface area contributed by atoms with Crippen LogP contribution in [0.2, 0.25) is 0 Å². The molecule has 0 aliphatic carbocycles. The highest BCUT2D eigenvalue weighted by Crippen LogP contribution is 2.39. The predicted molar refractivity (Wildman–Crippen MR) is 76.2 cm³/mol. The Bertz CT molecular complexity index is 573. The summed E-state index contributed by atoms with van der Waals surface area (Å²) in [6.45, 7) is 0. The lowest BCUT2D eigenvalue weighted by atomic mass is 10.2. The number of benzene rings is 1. The Morgan fingerprint density at radius 2 is 1.80 bits per heavy atom. The number of amides is 1. The molecule has 0 bridgehead atoms. The van der Waals surface area contributed by atoms with E-state index in [9.17, 15) is 4.79 Å². The summed E-state index contributed by atoms with van der Waals surface area (Å²) in [6.07, 6.45) is 0. The zero-order valence-electron chi connectivity index (χ0n) is 11.3. The van der Waals surface area contributed by atoms with Gasteiger partial charge in [-0.3, -0.25) is 4.79 Å². The third-order valence-electron chi connectivity index (χ3n) is 2.59. The van der Waals surface area contributed by atoms with Crippen molar-refractivity contribution in [1.29, 1.82) is 0 Å². The van der Waals surface area contributed by atoms with E-state index in [1.54, 1.807) is 23.0 Å². The van der Waals surface area contributed by atoms with Crippen molar-refractivity contribution < 1.29 is 19.0 Å². The fourth-order valence-corrected chi connectivity index (χ4v) is 2.21. The van der Waals surface area contributed by atoms with E-state index in [1.807, 2.05) is 0 Å². The molecule has 0 radical (unpaired) electrons. The van der Waals surface area contributed by atoms with Crippen LogP contribution in [-0.2, 0) is 0 Å². The Kier molecular flexibility index (Phi) is 4.41. The maximum Gasteiger partial charge on any atom is 0.275 e. The fraction of sp³-hybridized carbons (Fsp3) is 0.231. The number of hydrogen-bond acceptors (Lipinski definition) is 6. The van der Waals surface area contributed by atoms with Gasteiger partial charge in [0, 0.05) is 23.2 Å². The van der Waals surface area contributed by atoms with Gasteiger partial charge in [0.2, 0.25) is 5.75 Å². The predicted octanol–water partition coefficient (Wildman–Crippen LogP) is 2.42. The minimum atomic E-state index is -0.291. The van der Waals surface area contributed by atoms with E-state index in [1.165, 1.54) is 32.7 Å². The van der Waals surface area contributed by atoms with E-state index in [0.717, 1.165) is 0 Å². The number of methoxy groups -OCH3 is 3.